The predicted molar refractivity (Wildman–Crippen MR) is 59.6 cm³/mol. The van der Waals surface area contributed by atoms with Gasteiger partial charge in [0, 0.05) is 6.92 Å². The van der Waals surface area contributed by atoms with E-state index in [0.29, 0.717) is 0 Å². The summed E-state index contributed by atoms with van der Waals surface area (Å²) in [6, 6.07) is 0. The van der Waals surface area contributed by atoms with Gasteiger partial charge in [0.1, 0.15) is 0 Å². The molecule has 0 radical (unpaired) electrons. The molecule has 108 valence electrons. The molecule has 1 saturated heterocycles. The van der Waals surface area contributed by atoms with E-state index in [9.17, 15) is 22.0 Å². The minimum atomic E-state index is -4.26. The summed E-state index contributed by atoms with van der Waals surface area (Å²) in [5, 5.41) is 0. The van der Waals surface area contributed by atoms with Crippen LogP contribution in [0.5, 0.6) is 0 Å². The van der Waals surface area contributed by atoms with Gasteiger partial charge in [0.2, 0.25) is 0 Å². The highest BCUT2D eigenvalue weighted by atomic mass is 19.4. The highest BCUT2D eigenvalue weighted by Crippen LogP contribution is 2.51. The molecule has 0 aromatic heterocycles. The quantitative estimate of drug-likeness (QED) is 0.704. The molecule has 0 aromatic rings. The lowest BCUT2D eigenvalue weighted by molar-refractivity contribution is -0.254. The van der Waals surface area contributed by atoms with E-state index in [1.165, 1.54) is 4.90 Å². The molecule has 1 aliphatic heterocycles. The SMILES string of the molecule is CC(C)C1(C(F)(F)F)CCN(CC(C)(F)F)CC1. The second kappa shape index (κ2) is 4.94. The van der Waals surface area contributed by atoms with Gasteiger partial charge >= 0.3 is 6.18 Å². The molecule has 0 amide bonds. The lowest BCUT2D eigenvalue weighted by atomic mass is 9.69. The van der Waals surface area contributed by atoms with Crippen molar-refractivity contribution in [2.24, 2.45) is 11.3 Å². The largest absolute Gasteiger partial charge is 0.394 e. The Labute approximate surface area is 104 Å². The smallest absolute Gasteiger partial charge is 0.297 e. The Kier molecular flexibility index (Phi) is 4.30. The number of alkyl halides is 5. The Morgan fingerprint density at radius 3 is 1.78 bits per heavy atom. The predicted octanol–water partition coefficient (Wildman–Crippen LogP) is 3.94. The molecule has 18 heavy (non-hydrogen) atoms. The van der Waals surface area contributed by atoms with Crippen molar-refractivity contribution in [3.8, 4) is 0 Å². The van der Waals surface area contributed by atoms with Gasteiger partial charge in [-0.1, -0.05) is 13.8 Å². The maximum atomic E-state index is 13.1. The molecule has 0 bridgehead atoms. The molecular formula is C12H20F5N. The van der Waals surface area contributed by atoms with Crippen molar-refractivity contribution in [3.05, 3.63) is 0 Å². The summed E-state index contributed by atoms with van der Waals surface area (Å²) >= 11 is 0. The molecule has 0 aliphatic carbocycles. The molecule has 6 heteroatoms. The van der Waals surface area contributed by atoms with Crippen LogP contribution in [0.1, 0.15) is 33.6 Å². The highest BCUT2D eigenvalue weighted by molar-refractivity contribution is 4.94. The van der Waals surface area contributed by atoms with Crippen LogP contribution in [-0.4, -0.2) is 36.6 Å². The van der Waals surface area contributed by atoms with E-state index < -0.39 is 30.0 Å². The second-order valence-electron chi connectivity index (χ2n) is 5.65. The van der Waals surface area contributed by atoms with Crippen LogP contribution in [0, 0.1) is 11.3 Å². The maximum Gasteiger partial charge on any atom is 0.394 e. The van der Waals surface area contributed by atoms with Crippen molar-refractivity contribution in [1.29, 1.82) is 0 Å². The topological polar surface area (TPSA) is 3.24 Å². The molecule has 0 N–H and O–H groups in total. The Balaban J connectivity index is 2.71. The summed E-state index contributed by atoms with van der Waals surface area (Å²) in [7, 11) is 0. The summed E-state index contributed by atoms with van der Waals surface area (Å²) in [6.45, 7) is 3.61. The molecule has 1 rings (SSSR count). The van der Waals surface area contributed by atoms with Gasteiger partial charge in [-0.3, -0.25) is 4.90 Å². The fourth-order valence-electron chi connectivity index (χ4n) is 2.69. The Bertz CT molecular complexity index is 271. The Hall–Kier alpha value is -0.390. The first-order valence-corrected chi connectivity index (χ1v) is 6.15. The van der Waals surface area contributed by atoms with Gasteiger partial charge in [-0.25, -0.2) is 8.78 Å². The molecule has 0 atom stereocenters. The van der Waals surface area contributed by atoms with Crippen LogP contribution >= 0.6 is 0 Å². The second-order valence-corrected chi connectivity index (χ2v) is 5.65. The van der Waals surface area contributed by atoms with Crippen LogP contribution in [0.2, 0.25) is 0 Å². The third kappa shape index (κ3) is 3.33. The fraction of sp³-hybridized carbons (Fsp3) is 1.00. The third-order valence-corrected chi connectivity index (χ3v) is 3.92. The Morgan fingerprint density at radius 1 is 1.06 bits per heavy atom. The van der Waals surface area contributed by atoms with Crippen LogP contribution in [0.25, 0.3) is 0 Å². The first kappa shape index (κ1) is 15.7. The number of hydrogen-bond donors (Lipinski definition) is 0. The average Bonchev–Trinajstić information content (AvgIpc) is 2.13. The molecule has 1 nitrogen and oxygen atoms in total. The maximum absolute atomic E-state index is 13.1. The Morgan fingerprint density at radius 2 is 1.50 bits per heavy atom. The number of rotatable bonds is 3. The van der Waals surface area contributed by atoms with Crippen molar-refractivity contribution in [2.45, 2.75) is 45.7 Å². The van der Waals surface area contributed by atoms with Crippen LogP contribution in [0.3, 0.4) is 0 Å². The van der Waals surface area contributed by atoms with Crippen LogP contribution in [-0.2, 0) is 0 Å². The first-order valence-electron chi connectivity index (χ1n) is 6.15. The normalized spacial score (nSPS) is 22.5. The molecule has 0 saturated carbocycles. The molecule has 1 heterocycles. The summed E-state index contributed by atoms with van der Waals surface area (Å²) in [6.07, 6.45) is -4.45. The lowest BCUT2D eigenvalue weighted by Gasteiger charge is -2.45. The summed E-state index contributed by atoms with van der Waals surface area (Å²) in [5.41, 5.74) is -1.72. The fourth-order valence-corrected chi connectivity index (χ4v) is 2.69. The van der Waals surface area contributed by atoms with Gasteiger partial charge < -0.3 is 0 Å². The lowest BCUT2D eigenvalue weighted by Crippen LogP contribution is -2.52. The average molecular weight is 273 g/mol. The minimum absolute atomic E-state index is 0.0844. The summed E-state index contributed by atoms with van der Waals surface area (Å²) in [4.78, 5) is 1.42. The van der Waals surface area contributed by atoms with Crippen LogP contribution in [0.4, 0.5) is 22.0 Å². The standard InChI is InChI=1S/C12H20F5N/c1-9(2)11(12(15,16)17)4-6-18(7-5-11)8-10(3,13)14/h9H,4-8H2,1-3H3. The number of nitrogens with zero attached hydrogens (tertiary/aromatic N) is 1. The van der Waals surface area contributed by atoms with E-state index in [1.54, 1.807) is 13.8 Å². The van der Waals surface area contributed by atoms with E-state index in [2.05, 4.69) is 0 Å². The van der Waals surface area contributed by atoms with E-state index in [0.717, 1.165) is 6.92 Å². The van der Waals surface area contributed by atoms with Gasteiger partial charge in [0.25, 0.3) is 5.92 Å². The molecule has 0 aromatic carbocycles. The molecule has 0 spiro atoms. The first-order chi connectivity index (χ1) is 7.98. The van der Waals surface area contributed by atoms with E-state index in [1.807, 2.05) is 0 Å². The zero-order chi connectivity index (χ0) is 14.2. The van der Waals surface area contributed by atoms with E-state index in [4.69, 9.17) is 0 Å². The van der Waals surface area contributed by atoms with Gasteiger partial charge in [-0.15, -0.1) is 0 Å². The van der Waals surface area contributed by atoms with Crippen molar-refractivity contribution in [1.82, 2.24) is 4.90 Å². The van der Waals surface area contributed by atoms with Crippen molar-refractivity contribution < 1.29 is 22.0 Å². The van der Waals surface area contributed by atoms with Gasteiger partial charge in [-0.05, 0) is 31.8 Å². The van der Waals surface area contributed by atoms with Gasteiger partial charge in [0.05, 0.1) is 12.0 Å². The number of piperidine rings is 1. The van der Waals surface area contributed by atoms with E-state index in [-0.39, 0.29) is 25.9 Å². The van der Waals surface area contributed by atoms with Crippen molar-refractivity contribution >= 4 is 0 Å². The molecule has 0 unspecified atom stereocenters. The van der Waals surface area contributed by atoms with Crippen LogP contribution in [0.15, 0.2) is 0 Å². The zero-order valence-corrected chi connectivity index (χ0v) is 10.9. The van der Waals surface area contributed by atoms with E-state index >= 15 is 0 Å². The number of likely N-dealkylation sites (tertiary alicyclic amines) is 1. The molecule has 1 aliphatic rings. The van der Waals surface area contributed by atoms with Crippen molar-refractivity contribution in [2.75, 3.05) is 19.6 Å². The van der Waals surface area contributed by atoms with Crippen molar-refractivity contribution in [3.63, 3.8) is 0 Å². The zero-order valence-electron chi connectivity index (χ0n) is 10.9. The van der Waals surface area contributed by atoms with Gasteiger partial charge in [0.15, 0.2) is 0 Å². The summed E-state index contributed by atoms with van der Waals surface area (Å²) in [5.74, 6) is -3.38. The number of hydrogen-bond acceptors (Lipinski definition) is 1. The monoisotopic (exact) mass is 273 g/mol. The van der Waals surface area contributed by atoms with Crippen LogP contribution < -0.4 is 0 Å². The molecular weight excluding hydrogens is 253 g/mol. The van der Waals surface area contributed by atoms with Gasteiger partial charge in [-0.2, -0.15) is 13.2 Å². The number of halogens is 5. The third-order valence-electron chi connectivity index (χ3n) is 3.92. The minimum Gasteiger partial charge on any atom is -0.297 e. The molecule has 1 fully saturated rings. The highest BCUT2D eigenvalue weighted by Gasteiger charge is 2.57. The summed E-state index contributed by atoms with van der Waals surface area (Å²) < 4.78 is 65.1.